The number of likely N-dealkylation sites (tertiary alicyclic amines) is 1. The van der Waals surface area contributed by atoms with Crippen LogP contribution in [0.25, 0.3) is 0 Å². The first-order valence-corrected chi connectivity index (χ1v) is 13.0. The van der Waals surface area contributed by atoms with Crippen molar-refractivity contribution in [2.24, 2.45) is 0 Å². The maximum atomic E-state index is 13.0. The Morgan fingerprint density at radius 1 is 0.812 bits per heavy atom. The van der Waals surface area contributed by atoms with Crippen LogP contribution in [0.2, 0.25) is 0 Å². The normalized spacial score (nSPS) is 15.0. The zero-order valence-corrected chi connectivity index (χ0v) is 22.6. The Hall–Kier alpha value is -0.910. The van der Waals surface area contributed by atoms with Gasteiger partial charge in [0.2, 0.25) is 0 Å². The van der Waals surface area contributed by atoms with Crippen molar-refractivity contribution in [2.75, 3.05) is 46.8 Å². The van der Waals surface area contributed by atoms with Gasteiger partial charge in [-0.05, 0) is 25.0 Å². The van der Waals surface area contributed by atoms with Crippen molar-refractivity contribution < 1.29 is 26.3 Å². The summed E-state index contributed by atoms with van der Waals surface area (Å²) in [6, 6.07) is 9.70. The van der Waals surface area contributed by atoms with E-state index < -0.39 is 0 Å². The number of unbranched alkanes of at least 4 members (excludes halogenated alkanes) is 9. The minimum absolute atomic E-state index is 0. The lowest BCUT2D eigenvalue weighted by Gasteiger charge is -2.38. The number of nitrogens with zero attached hydrogens (tertiary/aromatic N) is 3. The third-order valence-corrected chi connectivity index (χ3v) is 7.03. The number of hydrazine groups is 1. The first-order valence-electron chi connectivity index (χ1n) is 13.0. The van der Waals surface area contributed by atoms with E-state index in [9.17, 15) is 4.79 Å². The van der Waals surface area contributed by atoms with E-state index in [1.165, 1.54) is 101 Å². The van der Waals surface area contributed by atoms with Crippen LogP contribution >= 0.6 is 0 Å². The zero-order valence-electron chi connectivity index (χ0n) is 21.0. The molecule has 0 aliphatic carbocycles. The van der Waals surface area contributed by atoms with Gasteiger partial charge in [0.15, 0.2) is 0 Å². The first kappa shape index (κ1) is 29.1. The van der Waals surface area contributed by atoms with Crippen molar-refractivity contribution in [2.45, 2.75) is 84.0 Å². The highest BCUT2D eigenvalue weighted by atomic mass is 79.9. The van der Waals surface area contributed by atoms with Crippen LogP contribution in [-0.4, -0.2) is 67.2 Å². The number of halogens is 1. The molecular formula is C27H48BrN3O. The number of hydrogen-bond donors (Lipinski definition) is 0. The predicted molar refractivity (Wildman–Crippen MR) is 132 cm³/mol. The average Bonchev–Trinajstić information content (AvgIpc) is 3.24. The minimum atomic E-state index is 0. The lowest BCUT2D eigenvalue weighted by Crippen LogP contribution is -3.00. The molecule has 1 fully saturated rings. The molecule has 1 amide bonds. The summed E-state index contributed by atoms with van der Waals surface area (Å²) in [5.41, 5.74) is 0.777. The SMILES string of the molecule is CCCCCCCCCCCC[N+]1(CCN(C(=O)c2ccccc2)N(C)C)CCCC1.[Br-]. The Balaban J connectivity index is 0.00000512. The lowest BCUT2D eigenvalue weighted by molar-refractivity contribution is -0.916. The number of carbonyl (C=O) groups is 1. The molecule has 4 nitrogen and oxygen atoms in total. The van der Waals surface area contributed by atoms with Gasteiger partial charge in [-0.2, -0.15) is 0 Å². The van der Waals surface area contributed by atoms with Gasteiger partial charge < -0.3 is 21.5 Å². The minimum Gasteiger partial charge on any atom is -1.00 e. The van der Waals surface area contributed by atoms with Crippen molar-refractivity contribution >= 4 is 5.91 Å². The largest absolute Gasteiger partial charge is 1.00 e. The van der Waals surface area contributed by atoms with Gasteiger partial charge in [-0.25, -0.2) is 5.01 Å². The summed E-state index contributed by atoms with van der Waals surface area (Å²) in [4.78, 5) is 13.0. The maximum Gasteiger partial charge on any atom is 0.268 e. The molecular weight excluding hydrogens is 462 g/mol. The maximum absolute atomic E-state index is 13.0. The number of amides is 1. The summed E-state index contributed by atoms with van der Waals surface area (Å²) in [5.74, 6) is 0.113. The van der Waals surface area contributed by atoms with Crippen LogP contribution in [0.4, 0.5) is 0 Å². The molecule has 0 N–H and O–H groups in total. The second-order valence-corrected chi connectivity index (χ2v) is 9.77. The van der Waals surface area contributed by atoms with E-state index in [-0.39, 0.29) is 22.9 Å². The molecule has 1 aliphatic rings. The van der Waals surface area contributed by atoms with Gasteiger partial charge in [-0.1, -0.05) is 76.5 Å². The third-order valence-electron chi connectivity index (χ3n) is 7.03. The number of quaternary nitrogens is 1. The summed E-state index contributed by atoms with van der Waals surface area (Å²) in [5, 5.41) is 3.88. The van der Waals surface area contributed by atoms with E-state index in [1.807, 2.05) is 54.4 Å². The Morgan fingerprint density at radius 3 is 1.88 bits per heavy atom. The molecule has 0 saturated carbocycles. The van der Waals surface area contributed by atoms with Crippen LogP contribution in [-0.2, 0) is 0 Å². The molecule has 1 aliphatic heterocycles. The van der Waals surface area contributed by atoms with Crippen molar-refractivity contribution in [3.05, 3.63) is 35.9 Å². The Bertz CT molecular complexity index is 602. The number of carbonyl (C=O) groups excluding carboxylic acids is 1. The molecule has 0 spiro atoms. The molecule has 1 heterocycles. The smallest absolute Gasteiger partial charge is 0.268 e. The van der Waals surface area contributed by atoms with Gasteiger partial charge in [0.25, 0.3) is 5.91 Å². The van der Waals surface area contributed by atoms with E-state index in [1.54, 1.807) is 0 Å². The van der Waals surface area contributed by atoms with E-state index >= 15 is 0 Å². The van der Waals surface area contributed by atoms with Crippen molar-refractivity contribution in [3.8, 4) is 0 Å². The number of rotatable bonds is 16. The molecule has 5 heteroatoms. The second-order valence-electron chi connectivity index (χ2n) is 9.77. The van der Waals surface area contributed by atoms with Gasteiger partial charge in [0.05, 0.1) is 32.7 Å². The highest BCUT2D eigenvalue weighted by molar-refractivity contribution is 5.93. The predicted octanol–water partition coefficient (Wildman–Crippen LogP) is 3.14. The Kier molecular flexibility index (Phi) is 15.2. The fourth-order valence-electron chi connectivity index (χ4n) is 5.02. The van der Waals surface area contributed by atoms with Gasteiger partial charge in [0, 0.05) is 32.5 Å². The molecule has 0 atom stereocenters. The van der Waals surface area contributed by atoms with Crippen LogP contribution < -0.4 is 17.0 Å². The molecule has 1 aromatic carbocycles. The fraction of sp³-hybridized carbons (Fsp3) is 0.741. The third kappa shape index (κ3) is 10.4. The molecule has 1 saturated heterocycles. The lowest BCUT2D eigenvalue weighted by atomic mass is 10.1. The second kappa shape index (κ2) is 16.7. The molecule has 32 heavy (non-hydrogen) atoms. The molecule has 184 valence electrons. The van der Waals surface area contributed by atoms with Gasteiger partial charge >= 0.3 is 0 Å². The first-order chi connectivity index (χ1) is 15.1. The molecule has 0 radical (unpaired) electrons. The highest BCUT2D eigenvalue weighted by Crippen LogP contribution is 2.22. The Labute approximate surface area is 208 Å². The summed E-state index contributed by atoms with van der Waals surface area (Å²) in [7, 11) is 3.97. The van der Waals surface area contributed by atoms with E-state index in [4.69, 9.17) is 0 Å². The molecule has 1 aromatic rings. The van der Waals surface area contributed by atoms with E-state index in [2.05, 4.69) is 6.92 Å². The monoisotopic (exact) mass is 509 g/mol. The topological polar surface area (TPSA) is 23.6 Å². The molecule has 0 bridgehead atoms. The highest BCUT2D eigenvalue weighted by Gasteiger charge is 2.32. The average molecular weight is 511 g/mol. The zero-order chi connectivity index (χ0) is 22.4. The van der Waals surface area contributed by atoms with Crippen molar-refractivity contribution in [1.29, 1.82) is 0 Å². The van der Waals surface area contributed by atoms with Gasteiger partial charge in [-0.15, -0.1) is 0 Å². The quantitative estimate of drug-likeness (QED) is 0.194. The standard InChI is InChI=1S/C27H48N3O.BrH/c1-4-5-6-7-8-9-10-11-12-16-22-30(23-17-18-24-30)25-21-29(28(2)3)27(31)26-19-14-13-15-20-26;/h13-15,19-20H,4-12,16-18,21-25H2,1-3H3;1H/q+1;/p-1. The Morgan fingerprint density at radius 2 is 1.34 bits per heavy atom. The van der Waals surface area contributed by atoms with Crippen LogP contribution in [0.1, 0.15) is 94.3 Å². The molecule has 0 unspecified atom stereocenters. The van der Waals surface area contributed by atoms with Crippen molar-refractivity contribution in [3.63, 3.8) is 0 Å². The summed E-state index contributed by atoms with van der Waals surface area (Å²) < 4.78 is 1.21. The summed E-state index contributed by atoms with van der Waals surface area (Å²) >= 11 is 0. The van der Waals surface area contributed by atoms with Crippen LogP contribution in [0.5, 0.6) is 0 Å². The number of benzene rings is 1. The molecule has 2 rings (SSSR count). The number of hydrogen-bond acceptors (Lipinski definition) is 2. The van der Waals surface area contributed by atoms with Crippen LogP contribution in [0, 0.1) is 0 Å². The van der Waals surface area contributed by atoms with Crippen LogP contribution in [0.3, 0.4) is 0 Å². The van der Waals surface area contributed by atoms with Gasteiger partial charge in [-0.3, -0.25) is 9.80 Å². The van der Waals surface area contributed by atoms with E-state index in [0.717, 1.165) is 18.7 Å². The van der Waals surface area contributed by atoms with Gasteiger partial charge in [0.1, 0.15) is 0 Å². The summed E-state index contributed by atoms with van der Waals surface area (Å²) in [6.45, 7) is 8.04. The van der Waals surface area contributed by atoms with Crippen LogP contribution in [0.15, 0.2) is 30.3 Å². The van der Waals surface area contributed by atoms with E-state index in [0.29, 0.717) is 0 Å². The fourth-order valence-corrected chi connectivity index (χ4v) is 5.02. The van der Waals surface area contributed by atoms with Crippen molar-refractivity contribution in [1.82, 2.24) is 10.0 Å². The molecule has 0 aromatic heterocycles. The summed E-state index contributed by atoms with van der Waals surface area (Å²) in [6.07, 6.45) is 16.6.